The molecular formula is C11H12N2O. The fraction of sp³-hybridized carbons (Fsp3) is 0.273. The van der Waals surface area contributed by atoms with Gasteiger partial charge in [0.2, 0.25) is 0 Å². The summed E-state index contributed by atoms with van der Waals surface area (Å²) in [4.78, 5) is 8.37. The molecule has 0 amide bonds. The minimum Gasteiger partial charge on any atom is -0.492 e. The van der Waals surface area contributed by atoms with E-state index in [4.69, 9.17) is 4.74 Å². The second-order valence-electron chi connectivity index (χ2n) is 3.04. The third-order valence-corrected chi connectivity index (χ3v) is 2.13. The van der Waals surface area contributed by atoms with Crippen LogP contribution in [-0.2, 0) is 0 Å². The average Bonchev–Trinajstić information content (AvgIpc) is 2.20. The summed E-state index contributed by atoms with van der Waals surface area (Å²) in [5.74, 6) is 0.829. The van der Waals surface area contributed by atoms with Gasteiger partial charge in [0.15, 0.2) is 0 Å². The number of benzene rings is 1. The lowest BCUT2D eigenvalue weighted by Crippen LogP contribution is -1.95. The summed E-state index contributed by atoms with van der Waals surface area (Å²) in [6.07, 6.45) is 1.57. The smallest absolute Gasteiger partial charge is 0.145 e. The van der Waals surface area contributed by atoms with Crippen molar-refractivity contribution in [2.75, 3.05) is 6.61 Å². The molecule has 0 saturated carbocycles. The van der Waals surface area contributed by atoms with Gasteiger partial charge < -0.3 is 4.74 Å². The largest absolute Gasteiger partial charge is 0.492 e. The van der Waals surface area contributed by atoms with Crippen LogP contribution in [0.5, 0.6) is 5.75 Å². The normalized spacial score (nSPS) is 10.4. The van der Waals surface area contributed by atoms with Gasteiger partial charge in [0.1, 0.15) is 17.6 Å². The minimum absolute atomic E-state index is 0.655. The molecule has 3 nitrogen and oxygen atoms in total. The Morgan fingerprint density at radius 2 is 2.14 bits per heavy atom. The molecule has 1 aromatic heterocycles. The second-order valence-corrected chi connectivity index (χ2v) is 3.04. The zero-order valence-electron chi connectivity index (χ0n) is 8.32. The van der Waals surface area contributed by atoms with Crippen LogP contribution in [0.15, 0.2) is 24.5 Å². The highest BCUT2D eigenvalue weighted by atomic mass is 16.5. The number of rotatable bonds is 2. The third kappa shape index (κ3) is 1.41. The number of para-hydroxylation sites is 1. The predicted octanol–water partition coefficient (Wildman–Crippen LogP) is 2.34. The highest BCUT2D eigenvalue weighted by Gasteiger charge is 2.04. The average molecular weight is 188 g/mol. The maximum absolute atomic E-state index is 5.48. The van der Waals surface area contributed by atoms with E-state index in [0.29, 0.717) is 6.61 Å². The molecule has 2 rings (SSSR count). The van der Waals surface area contributed by atoms with Crippen molar-refractivity contribution < 1.29 is 4.74 Å². The Kier molecular flexibility index (Phi) is 2.31. The highest BCUT2D eigenvalue weighted by Crippen LogP contribution is 2.24. The molecule has 0 bridgehead atoms. The number of ether oxygens (including phenoxy) is 1. The van der Waals surface area contributed by atoms with Crippen molar-refractivity contribution in [1.82, 2.24) is 9.97 Å². The van der Waals surface area contributed by atoms with Crippen LogP contribution in [0.4, 0.5) is 0 Å². The zero-order chi connectivity index (χ0) is 9.97. The third-order valence-electron chi connectivity index (χ3n) is 2.13. The Morgan fingerprint density at radius 1 is 1.29 bits per heavy atom. The highest BCUT2D eigenvalue weighted by molar-refractivity contribution is 5.85. The summed E-state index contributed by atoms with van der Waals surface area (Å²) in [5, 5.41) is 1.05. The van der Waals surface area contributed by atoms with Crippen LogP contribution in [0.1, 0.15) is 12.6 Å². The quantitative estimate of drug-likeness (QED) is 0.725. The molecule has 0 atom stereocenters. The Bertz CT molecular complexity index is 454. The monoisotopic (exact) mass is 188 g/mol. The summed E-state index contributed by atoms with van der Waals surface area (Å²) < 4.78 is 5.48. The van der Waals surface area contributed by atoms with Gasteiger partial charge in [-0.25, -0.2) is 9.97 Å². The van der Waals surface area contributed by atoms with Crippen LogP contribution in [-0.4, -0.2) is 16.6 Å². The van der Waals surface area contributed by atoms with Crippen LogP contribution < -0.4 is 4.74 Å². The summed E-state index contributed by atoms with van der Waals surface area (Å²) in [5.41, 5.74) is 1.87. The molecule has 0 aliphatic rings. The molecule has 1 aromatic carbocycles. The zero-order valence-corrected chi connectivity index (χ0v) is 8.32. The van der Waals surface area contributed by atoms with Gasteiger partial charge in [-0.2, -0.15) is 0 Å². The number of fused-ring (bicyclic) bond motifs is 1. The first-order chi connectivity index (χ1) is 6.83. The van der Waals surface area contributed by atoms with Gasteiger partial charge in [0.25, 0.3) is 0 Å². The molecule has 1 heterocycles. The van der Waals surface area contributed by atoms with Gasteiger partial charge in [-0.1, -0.05) is 12.1 Å². The van der Waals surface area contributed by atoms with Gasteiger partial charge in [-0.15, -0.1) is 0 Å². The lowest BCUT2D eigenvalue weighted by molar-refractivity contribution is 0.343. The van der Waals surface area contributed by atoms with E-state index in [1.54, 1.807) is 6.33 Å². The molecule has 0 saturated heterocycles. The number of aryl methyl sites for hydroxylation is 1. The first kappa shape index (κ1) is 8.94. The molecule has 0 N–H and O–H groups in total. The van der Waals surface area contributed by atoms with Crippen molar-refractivity contribution in [2.24, 2.45) is 0 Å². The van der Waals surface area contributed by atoms with Gasteiger partial charge in [0, 0.05) is 11.1 Å². The maximum Gasteiger partial charge on any atom is 0.145 e. The standard InChI is InChI=1S/C11H12N2O/c1-3-14-10-6-4-5-9-8(2)12-7-13-11(9)10/h4-7H,3H2,1-2H3. The second kappa shape index (κ2) is 3.62. The van der Waals surface area contributed by atoms with E-state index in [1.807, 2.05) is 32.0 Å². The van der Waals surface area contributed by atoms with E-state index in [9.17, 15) is 0 Å². The first-order valence-corrected chi connectivity index (χ1v) is 4.66. The minimum atomic E-state index is 0.655. The number of aromatic nitrogens is 2. The van der Waals surface area contributed by atoms with Gasteiger partial charge in [-0.3, -0.25) is 0 Å². The van der Waals surface area contributed by atoms with Crippen LogP contribution in [0, 0.1) is 6.92 Å². The SMILES string of the molecule is CCOc1cccc2c(C)ncnc12. The van der Waals surface area contributed by atoms with Gasteiger partial charge in [0.05, 0.1) is 6.61 Å². The van der Waals surface area contributed by atoms with Crippen molar-refractivity contribution in [3.63, 3.8) is 0 Å². The number of hydrogen-bond acceptors (Lipinski definition) is 3. The first-order valence-electron chi connectivity index (χ1n) is 4.66. The fourth-order valence-electron chi connectivity index (χ4n) is 1.46. The summed E-state index contributed by atoms with van der Waals surface area (Å²) in [7, 11) is 0. The van der Waals surface area contributed by atoms with E-state index >= 15 is 0 Å². The summed E-state index contributed by atoms with van der Waals surface area (Å²) >= 11 is 0. The van der Waals surface area contributed by atoms with Crippen molar-refractivity contribution in [3.05, 3.63) is 30.2 Å². The molecule has 3 heteroatoms. The molecule has 14 heavy (non-hydrogen) atoms. The van der Waals surface area contributed by atoms with E-state index in [2.05, 4.69) is 9.97 Å². The Labute approximate surface area is 82.8 Å². The molecule has 72 valence electrons. The Balaban J connectivity index is 2.68. The molecule has 0 spiro atoms. The number of hydrogen-bond donors (Lipinski definition) is 0. The van der Waals surface area contributed by atoms with E-state index < -0.39 is 0 Å². The molecule has 0 unspecified atom stereocenters. The van der Waals surface area contributed by atoms with E-state index in [-0.39, 0.29) is 0 Å². The van der Waals surface area contributed by atoms with Crippen LogP contribution >= 0.6 is 0 Å². The predicted molar refractivity (Wildman–Crippen MR) is 55.4 cm³/mol. The molecule has 0 fully saturated rings. The summed E-state index contributed by atoms with van der Waals surface area (Å²) in [6.45, 7) is 4.59. The molecule has 0 radical (unpaired) electrons. The lowest BCUT2D eigenvalue weighted by Gasteiger charge is -2.06. The maximum atomic E-state index is 5.48. The Morgan fingerprint density at radius 3 is 2.93 bits per heavy atom. The van der Waals surface area contributed by atoms with Crippen LogP contribution in [0.2, 0.25) is 0 Å². The topological polar surface area (TPSA) is 35.0 Å². The van der Waals surface area contributed by atoms with Crippen molar-refractivity contribution in [1.29, 1.82) is 0 Å². The summed E-state index contributed by atoms with van der Waals surface area (Å²) in [6, 6.07) is 5.90. The van der Waals surface area contributed by atoms with Crippen LogP contribution in [0.25, 0.3) is 10.9 Å². The van der Waals surface area contributed by atoms with Gasteiger partial charge >= 0.3 is 0 Å². The fourth-order valence-corrected chi connectivity index (χ4v) is 1.46. The van der Waals surface area contributed by atoms with Gasteiger partial charge in [-0.05, 0) is 19.9 Å². The molecule has 0 aliphatic carbocycles. The molecule has 2 aromatic rings. The lowest BCUT2D eigenvalue weighted by atomic mass is 10.2. The number of nitrogens with zero attached hydrogens (tertiary/aromatic N) is 2. The Hall–Kier alpha value is -1.64. The molecule has 0 aliphatic heterocycles. The van der Waals surface area contributed by atoms with E-state index in [1.165, 1.54) is 0 Å². The molecular weight excluding hydrogens is 176 g/mol. The van der Waals surface area contributed by atoms with Crippen molar-refractivity contribution >= 4 is 10.9 Å². The van der Waals surface area contributed by atoms with E-state index in [0.717, 1.165) is 22.3 Å². The van der Waals surface area contributed by atoms with Crippen LogP contribution in [0.3, 0.4) is 0 Å². The van der Waals surface area contributed by atoms with Crippen molar-refractivity contribution in [2.45, 2.75) is 13.8 Å². The van der Waals surface area contributed by atoms with Crippen molar-refractivity contribution in [3.8, 4) is 5.75 Å².